The number of aromatic hydroxyl groups is 6. The van der Waals surface area contributed by atoms with Crippen molar-refractivity contribution >= 4 is 35.2 Å². The van der Waals surface area contributed by atoms with Crippen LogP contribution in [-0.2, 0) is 0 Å². The van der Waals surface area contributed by atoms with Crippen molar-refractivity contribution in [1.29, 1.82) is 0 Å². The third-order valence-corrected chi connectivity index (χ3v) is 17.4. The summed E-state index contributed by atoms with van der Waals surface area (Å²) in [5.74, 6) is -1.53. The van der Waals surface area contributed by atoms with E-state index in [0.717, 1.165) is 0 Å². The van der Waals surface area contributed by atoms with E-state index >= 15 is 0 Å². The summed E-state index contributed by atoms with van der Waals surface area (Å²) in [6.45, 7) is 0. The number of phenolic OH excluding ortho intramolecular Hbond substituents is 6. The largest absolute Gasteiger partial charge is 0.508 e. The summed E-state index contributed by atoms with van der Waals surface area (Å²) in [5.41, 5.74) is 5.56. The summed E-state index contributed by atoms with van der Waals surface area (Å²) in [6, 6.07) is 54.6. The topological polar surface area (TPSA) is 279 Å². The summed E-state index contributed by atoms with van der Waals surface area (Å²) in [7, 11) is 0. The Morgan fingerprint density at radius 2 is 0.573 bits per heavy atom. The van der Waals surface area contributed by atoms with Crippen LogP contribution in [0.1, 0.15) is 128 Å². The normalized spacial score (nSPS) is 19.1. The highest BCUT2D eigenvalue weighted by molar-refractivity contribution is 5.97. The van der Waals surface area contributed by atoms with Crippen LogP contribution in [0.2, 0.25) is 0 Å². The van der Waals surface area contributed by atoms with E-state index in [1.54, 1.807) is 69.3 Å². The maximum Gasteiger partial charge on any atom is 0.322 e. The molecule has 4 unspecified atom stereocenters. The molecule has 96 heavy (non-hydrogen) atoms. The zero-order valence-electron chi connectivity index (χ0n) is 52.1. The smallest absolute Gasteiger partial charge is 0.322 e. The molecule has 12 N–H and O–H groups in total. The van der Waals surface area contributed by atoms with Gasteiger partial charge in [-0.15, -0.1) is 0 Å². The number of hydrogen-bond acceptors (Lipinski definition) is 12. The molecule has 0 aromatic heterocycles. The number of aliphatic hydroxyl groups excluding tert-OH is 3. The van der Waals surface area contributed by atoms with Gasteiger partial charge in [-0.05, 0) is 184 Å². The quantitative estimate of drug-likeness (QED) is 0.0320. The fourth-order valence-corrected chi connectivity index (χ4v) is 12.7. The van der Waals surface area contributed by atoms with Crippen molar-refractivity contribution in [2.45, 2.75) is 112 Å². The van der Waals surface area contributed by atoms with Gasteiger partial charge in [0.05, 0.1) is 54.6 Å². The molecule has 498 valence electrons. The van der Waals surface area contributed by atoms with Gasteiger partial charge in [0.15, 0.2) is 0 Å². The fourth-order valence-electron chi connectivity index (χ4n) is 12.7. The average molecular weight is 1310 g/mol. The summed E-state index contributed by atoms with van der Waals surface area (Å²) >= 11 is 0. The van der Waals surface area contributed by atoms with Gasteiger partial charge in [-0.3, -0.25) is 14.7 Å². The van der Waals surface area contributed by atoms with Gasteiger partial charge >= 0.3 is 18.1 Å². The van der Waals surface area contributed by atoms with E-state index in [1.165, 1.54) is 72.8 Å². The van der Waals surface area contributed by atoms with Gasteiger partial charge in [0.2, 0.25) is 0 Å². The van der Waals surface area contributed by atoms with E-state index in [2.05, 4.69) is 16.0 Å². The predicted molar refractivity (Wildman–Crippen MR) is 357 cm³/mol. The van der Waals surface area contributed by atoms with Crippen LogP contribution in [0.15, 0.2) is 218 Å². The molecular weight excluding hydrogens is 1230 g/mol. The SMILES string of the molecule is O=C1NC(CCCC(O)c2ccc(F)cc2)C(c2ccc(O)cc2O)N1c1ccccc1.O=C1N[C@H](CCCC(O)c2ccc(F)cc2)[C@@H](c2ccc(O)cc2O)N1c1ccccc1.O=C1N[C@H](CCC[C@@H](O)c2ccc(F)cc2)[C@@H](c2ccc(O)cc2O)N1c1ccccc1. The number of para-hydroxylation sites is 3. The Kier molecular flexibility index (Phi) is 22.3. The first-order chi connectivity index (χ1) is 46.3. The van der Waals surface area contributed by atoms with Crippen LogP contribution in [0.5, 0.6) is 34.5 Å². The van der Waals surface area contributed by atoms with Crippen LogP contribution >= 0.6 is 0 Å². The van der Waals surface area contributed by atoms with Crippen molar-refractivity contribution in [1.82, 2.24) is 16.0 Å². The lowest BCUT2D eigenvalue weighted by atomic mass is 9.93. The third kappa shape index (κ3) is 16.6. The lowest BCUT2D eigenvalue weighted by molar-refractivity contribution is 0.161. The lowest BCUT2D eigenvalue weighted by Gasteiger charge is -2.28. The first kappa shape index (κ1) is 68.1. The van der Waals surface area contributed by atoms with E-state index in [1.807, 2.05) is 91.0 Å². The number of nitrogens with one attached hydrogen (secondary N) is 3. The number of urea groups is 3. The average Bonchev–Trinajstić information content (AvgIpc) is 1.63. The minimum atomic E-state index is -0.738. The number of amides is 6. The monoisotopic (exact) mass is 1310 g/mol. The maximum absolute atomic E-state index is 13.1. The number of carbonyl (C=O) groups is 3. The van der Waals surface area contributed by atoms with Crippen LogP contribution in [0, 0.1) is 17.5 Å². The number of aliphatic hydroxyl groups is 3. The Bertz CT molecular complexity index is 3640. The Labute approximate surface area is 553 Å². The highest BCUT2D eigenvalue weighted by Gasteiger charge is 2.45. The van der Waals surface area contributed by atoms with Crippen LogP contribution in [0.4, 0.5) is 44.6 Å². The number of halogens is 3. The van der Waals surface area contributed by atoms with E-state index in [9.17, 15) is 73.5 Å². The fraction of sp³-hybridized carbons (Fsp3) is 0.240. The zero-order chi connectivity index (χ0) is 68.0. The number of hydrogen-bond donors (Lipinski definition) is 12. The summed E-state index contributed by atoms with van der Waals surface area (Å²) < 4.78 is 39.4. The van der Waals surface area contributed by atoms with Gasteiger partial charge in [-0.25, -0.2) is 27.6 Å². The number of rotatable bonds is 21. The third-order valence-electron chi connectivity index (χ3n) is 17.4. The number of benzene rings is 9. The van der Waals surface area contributed by atoms with Crippen molar-refractivity contribution in [3.63, 3.8) is 0 Å². The van der Waals surface area contributed by atoms with Gasteiger partial charge < -0.3 is 61.9 Å². The Morgan fingerprint density at radius 1 is 0.333 bits per heavy atom. The summed E-state index contributed by atoms with van der Waals surface area (Å²) in [6.07, 6.45) is 2.57. The minimum absolute atomic E-state index is 0.0613. The first-order valence-corrected chi connectivity index (χ1v) is 31.6. The van der Waals surface area contributed by atoms with Crippen molar-refractivity contribution in [2.24, 2.45) is 0 Å². The van der Waals surface area contributed by atoms with Gasteiger partial charge in [0, 0.05) is 52.0 Å². The van der Waals surface area contributed by atoms with Gasteiger partial charge in [-0.2, -0.15) is 0 Å². The molecule has 0 radical (unpaired) electrons. The van der Waals surface area contributed by atoms with Gasteiger partial charge in [0.1, 0.15) is 51.9 Å². The van der Waals surface area contributed by atoms with E-state index in [4.69, 9.17) is 0 Å². The molecular formula is C75H75F3N6O12. The zero-order valence-corrected chi connectivity index (χ0v) is 52.1. The van der Waals surface area contributed by atoms with Crippen molar-refractivity contribution in [3.05, 3.63) is 269 Å². The lowest BCUT2D eigenvalue weighted by Crippen LogP contribution is -2.29. The molecule has 0 bridgehead atoms. The number of carbonyl (C=O) groups excluding carboxylic acids is 3. The van der Waals surface area contributed by atoms with Gasteiger partial charge in [0.25, 0.3) is 0 Å². The first-order valence-electron chi connectivity index (χ1n) is 31.6. The molecule has 21 heteroatoms. The van der Waals surface area contributed by atoms with Gasteiger partial charge in [-0.1, -0.05) is 91.0 Å². The van der Waals surface area contributed by atoms with E-state index < -0.39 is 36.4 Å². The molecule has 3 heterocycles. The Hall–Kier alpha value is -10.7. The van der Waals surface area contributed by atoms with Crippen LogP contribution in [0.25, 0.3) is 0 Å². The van der Waals surface area contributed by atoms with Crippen molar-refractivity contribution in [3.8, 4) is 34.5 Å². The highest BCUT2D eigenvalue weighted by atomic mass is 19.1. The van der Waals surface area contributed by atoms with Crippen molar-refractivity contribution in [2.75, 3.05) is 14.7 Å². The van der Waals surface area contributed by atoms with Crippen LogP contribution < -0.4 is 30.7 Å². The van der Waals surface area contributed by atoms with Crippen molar-refractivity contribution < 1.29 is 73.5 Å². The molecule has 9 aromatic carbocycles. The molecule has 9 aromatic rings. The molecule has 3 aliphatic rings. The second-order valence-electron chi connectivity index (χ2n) is 23.8. The molecule has 3 fully saturated rings. The highest BCUT2D eigenvalue weighted by Crippen LogP contribution is 2.45. The molecule has 3 saturated heterocycles. The molecule has 0 aliphatic carbocycles. The van der Waals surface area contributed by atoms with E-state index in [0.29, 0.717) is 108 Å². The second-order valence-corrected chi connectivity index (χ2v) is 23.8. The summed E-state index contributed by atoms with van der Waals surface area (Å²) in [4.78, 5) is 43.5. The number of phenols is 6. The molecule has 18 nitrogen and oxygen atoms in total. The molecule has 12 rings (SSSR count). The standard InChI is InChI=1S/3C25H25FN2O4/c3*26-17-11-9-16(10-12-17)22(30)8-4-7-21-24(20-14-13-19(29)15-23(20)31)28(25(32)27-21)18-5-2-1-3-6-18/h3*1-3,5-6,9-15,21-22,24,29-31H,4,7-8H2,(H,27,32)/t21-,22?,24-;21-,22-,24-;/m11./s1. The van der Waals surface area contributed by atoms with Crippen LogP contribution in [-0.4, -0.2) is 82.2 Å². The number of anilines is 3. The predicted octanol–water partition coefficient (Wildman–Crippen LogP) is 14.3. The number of nitrogens with zero attached hydrogens (tertiary/aromatic N) is 3. The molecule has 9 atom stereocenters. The van der Waals surface area contributed by atoms with E-state index in [-0.39, 0.29) is 88.2 Å². The maximum atomic E-state index is 13.1. The minimum Gasteiger partial charge on any atom is -0.508 e. The molecule has 3 aliphatic heterocycles. The Morgan fingerprint density at radius 3 is 0.802 bits per heavy atom. The second kappa shape index (κ2) is 31.5. The molecule has 0 saturated carbocycles. The molecule has 0 spiro atoms. The summed E-state index contributed by atoms with van der Waals surface area (Å²) in [5, 5.41) is 101. The Balaban J connectivity index is 0.000000157. The molecule has 6 amide bonds. The van der Waals surface area contributed by atoms with Crippen LogP contribution in [0.3, 0.4) is 0 Å².